The zero-order valence-corrected chi connectivity index (χ0v) is 12.4. The smallest absolute Gasteiger partial charge is 0.416 e. The van der Waals surface area contributed by atoms with Gasteiger partial charge in [0.2, 0.25) is 5.91 Å². The number of alkyl halides is 3. The fourth-order valence-electron chi connectivity index (χ4n) is 2.65. The van der Waals surface area contributed by atoms with Crippen molar-refractivity contribution in [1.29, 1.82) is 0 Å². The van der Waals surface area contributed by atoms with Crippen LogP contribution in [0.3, 0.4) is 0 Å². The number of benzene rings is 2. The molecule has 0 aliphatic carbocycles. The normalized spacial score (nSPS) is 16.4. The van der Waals surface area contributed by atoms with Crippen molar-refractivity contribution in [2.75, 3.05) is 6.61 Å². The Morgan fingerprint density at radius 2 is 1.96 bits per heavy atom. The molecule has 2 aromatic rings. The van der Waals surface area contributed by atoms with E-state index >= 15 is 0 Å². The van der Waals surface area contributed by atoms with Crippen LogP contribution in [0.4, 0.5) is 17.6 Å². The Kier molecular flexibility index (Phi) is 4.17. The van der Waals surface area contributed by atoms with Gasteiger partial charge in [0.15, 0.2) is 0 Å². The number of rotatable bonds is 3. The fourth-order valence-corrected chi connectivity index (χ4v) is 2.65. The molecule has 3 rings (SSSR count). The van der Waals surface area contributed by atoms with Crippen LogP contribution in [0.15, 0.2) is 42.5 Å². The van der Waals surface area contributed by atoms with E-state index in [1.54, 1.807) is 24.3 Å². The average molecular weight is 339 g/mol. The highest BCUT2D eigenvalue weighted by molar-refractivity contribution is 5.85. The van der Waals surface area contributed by atoms with Crippen LogP contribution < -0.4 is 10.1 Å². The van der Waals surface area contributed by atoms with Gasteiger partial charge in [-0.15, -0.1) is 0 Å². The van der Waals surface area contributed by atoms with Crippen molar-refractivity contribution in [2.24, 2.45) is 0 Å². The first-order valence-corrected chi connectivity index (χ1v) is 7.21. The molecule has 1 N–H and O–H groups in total. The molecule has 1 amide bonds. The zero-order valence-electron chi connectivity index (χ0n) is 12.4. The van der Waals surface area contributed by atoms with E-state index in [1.165, 1.54) is 0 Å². The lowest BCUT2D eigenvalue weighted by atomic mass is 10.00. The lowest BCUT2D eigenvalue weighted by molar-refractivity contribution is -0.138. The Balaban J connectivity index is 1.74. The topological polar surface area (TPSA) is 38.3 Å². The summed E-state index contributed by atoms with van der Waals surface area (Å²) in [5.74, 6) is -1.39. The van der Waals surface area contributed by atoms with Gasteiger partial charge in [0.25, 0.3) is 0 Å². The van der Waals surface area contributed by atoms with Crippen molar-refractivity contribution in [2.45, 2.75) is 18.6 Å². The van der Waals surface area contributed by atoms with Gasteiger partial charge in [0, 0.05) is 12.1 Å². The molecule has 0 saturated carbocycles. The average Bonchev–Trinajstić information content (AvgIpc) is 2.96. The summed E-state index contributed by atoms with van der Waals surface area (Å²) in [5.41, 5.74) is -0.583. The molecule has 3 nitrogen and oxygen atoms in total. The third-order valence-corrected chi connectivity index (χ3v) is 3.85. The maximum atomic E-state index is 13.1. The predicted octanol–water partition coefficient (Wildman–Crippen LogP) is 3.64. The summed E-state index contributed by atoms with van der Waals surface area (Å²) in [4.78, 5) is 12.3. The minimum atomic E-state index is -4.69. The van der Waals surface area contributed by atoms with Crippen molar-refractivity contribution in [1.82, 2.24) is 5.32 Å². The molecule has 0 spiro atoms. The number of hydrogen-bond acceptors (Lipinski definition) is 2. The van der Waals surface area contributed by atoms with E-state index < -0.39 is 29.4 Å². The first-order chi connectivity index (χ1) is 11.4. The monoisotopic (exact) mass is 339 g/mol. The highest BCUT2D eigenvalue weighted by Crippen LogP contribution is 2.34. The van der Waals surface area contributed by atoms with Gasteiger partial charge < -0.3 is 10.1 Å². The number of amides is 1. The van der Waals surface area contributed by atoms with Crippen molar-refractivity contribution >= 4 is 5.91 Å². The molecule has 2 aromatic carbocycles. The van der Waals surface area contributed by atoms with Crippen molar-refractivity contribution < 1.29 is 27.1 Å². The van der Waals surface area contributed by atoms with E-state index in [1.807, 2.05) is 0 Å². The van der Waals surface area contributed by atoms with Crippen LogP contribution in [0.1, 0.15) is 22.6 Å². The maximum absolute atomic E-state index is 13.1. The largest absolute Gasteiger partial charge is 0.492 e. The molecule has 24 heavy (non-hydrogen) atoms. The summed E-state index contributed by atoms with van der Waals surface area (Å²) in [6.07, 6.45) is -4.69. The minimum absolute atomic E-state index is 0.140. The maximum Gasteiger partial charge on any atom is 0.416 e. The standard InChI is InChI=1S/C17H13F4NO2/c18-11-6-5-10(14(7-11)17(19,20)21)8-22-16(23)13-9-24-15-4-2-1-3-12(13)15/h1-7,13H,8-9H2,(H,22,23). The predicted molar refractivity (Wildman–Crippen MR) is 77.9 cm³/mol. The van der Waals surface area contributed by atoms with E-state index in [-0.39, 0.29) is 18.7 Å². The second kappa shape index (κ2) is 6.14. The Labute approximate surface area is 135 Å². The lowest BCUT2D eigenvalue weighted by Gasteiger charge is -2.15. The fraction of sp³-hybridized carbons (Fsp3) is 0.235. The number of hydrogen-bond donors (Lipinski definition) is 1. The molecule has 0 aromatic heterocycles. The van der Waals surface area contributed by atoms with Crippen LogP contribution >= 0.6 is 0 Å². The second-order valence-corrected chi connectivity index (χ2v) is 5.42. The Bertz CT molecular complexity index is 773. The van der Waals surface area contributed by atoms with Crippen molar-refractivity contribution in [3.8, 4) is 5.75 Å². The van der Waals surface area contributed by atoms with Gasteiger partial charge in [-0.3, -0.25) is 4.79 Å². The molecule has 1 aliphatic heterocycles. The van der Waals surface area contributed by atoms with Crippen molar-refractivity contribution in [3.63, 3.8) is 0 Å². The molecule has 1 heterocycles. The summed E-state index contributed by atoms with van der Waals surface area (Å²) in [6.45, 7) is -0.201. The number of carbonyl (C=O) groups is 1. The summed E-state index contributed by atoms with van der Waals surface area (Å²) in [6, 6.07) is 9.39. The van der Waals surface area contributed by atoms with Crippen LogP contribution in [0.5, 0.6) is 5.75 Å². The van der Waals surface area contributed by atoms with Gasteiger partial charge in [-0.1, -0.05) is 24.3 Å². The molecule has 0 bridgehead atoms. The lowest BCUT2D eigenvalue weighted by Crippen LogP contribution is -2.30. The van der Waals surface area contributed by atoms with Crippen LogP contribution in [0.25, 0.3) is 0 Å². The number of halogens is 4. The zero-order chi connectivity index (χ0) is 17.3. The summed E-state index contributed by atoms with van der Waals surface area (Å²) < 4.78 is 57.3. The SMILES string of the molecule is O=C(NCc1ccc(F)cc1C(F)(F)F)C1COc2ccccc21. The van der Waals surface area contributed by atoms with E-state index in [2.05, 4.69) is 5.32 Å². The number of nitrogens with one attached hydrogen (secondary N) is 1. The van der Waals surface area contributed by atoms with Gasteiger partial charge in [0.05, 0.1) is 5.56 Å². The van der Waals surface area contributed by atoms with Crippen LogP contribution in [-0.4, -0.2) is 12.5 Å². The first kappa shape index (κ1) is 16.3. The van der Waals surface area contributed by atoms with Crippen LogP contribution in [0.2, 0.25) is 0 Å². The van der Waals surface area contributed by atoms with Crippen LogP contribution in [0, 0.1) is 5.82 Å². The first-order valence-electron chi connectivity index (χ1n) is 7.21. The minimum Gasteiger partial charge on any atom is -0.492 e. The molecule has 7 heteroatoms. The quantitative estimate of drug-likeness (QED) is 0.867. The molecular formula is C17H13F4NO2. The van der Waals surface area contributed by atoms with Crippen LogP contribution in [-0.2, 0) is 17.5 Å². The molecular weight excluding hydrogens is 326 g/mol. The molecule has 126 valence electrons. The highest BCUT2D eigenvalue weighted by atomic mass is 19.4. The number of ether oxygens (including phenoxy) is 1. The summed E-state index contributed by atoms with van der Waals surface area (Å²) >= 11 is 0. The highest BCUT2D eigenvalue weighted by Gasteiger charge is 2.34. The number of para-hydroxylation sites is 1. The van der Waals surface area contributed by atoms with Crippen molar-refractivity contribution in [3.05, 3.63) is 65.0 Å². The third-order valence-electron chi connectivity index (χ3n) is 3.85. The number of carbonyl (C=O) groups excluding carboxylic acids is 1. The molecule has 0 fully saturated rings. The summed E-state index contributed by atoms with van der Waals surface area (Å²) in [7, 11) is 0. The van der Waals surface area contributed by atoms with E-state index in [0.717, 1.165) is 12.1 Å². The summed E-state index contributed by atoms with van der Waals surface area (Å²) in [5, 5.41) is 2.47. The molecule has 0 saturated heterocycles. The third kappa shape index (κ3) is 3.20. The molecule has 1 aliphatic rings. The Morgan fingerprint density at radius 1 is 1.21 bits per heavy atom. The Morgan fingerprint density at radius 3 is 2.71 bits per heavy atom. The van der Waals surface area contributed by atoms with Gasteiger partial charge in [-0.05, 0) is 23.8 Å². The molecule has 1 unspecified atom stereocenters. The van der Waals surface area contributed by atoms with Gasteiger partial charge in [-0.2, -0.15) is 13.2 Å². The number of fused-ring (bicyclic) bond motifs is 1. The van der Waals surface area contributed by atoms with E-state index in [0.29, 0.717) is 17.4 Å². The van der Waals surface area contributed by atoms with Gasteiger partial charge in [-0.25, -0.2) is 4.39 Å². The van der Waals surface area contributed by atoms with E-state index in [4.69, 9.17) is 4.74 Å². The molecule has 1 atom stereocenters. The van der Waals surface area contributed by atoms with E-state index in [9.17, 15) is 22.4 Å². The second-order valence-electron chi connectivity index (χ2n) is 5.42. The molecule has 0 radical (unpaired) electrons. The van der Waals surface area contributed by atoms with Gasteiger partial charge >= 0.3 is 6.18 Å². The Hall–Kier alpha value is -2.57. The van der Waals surface area contributed by atoms with Gasteiger partial charge in [0.1, 0.15) is 24.1 Å².